The zero-order valence-electron chi connectivity index (χ0n) is 15.9. The fourth-order valence-corrected chi connectivity index (χ4v) is 3.64. The van der Waals surface area contributed by atoms with Crippen LogP contribution in [0.15, 0.2) is 47.7 Å². The average molecular weight is 380 g/mol. The first-order valence-electron chi connectivity index (χ1n) is 9.66. The Morgan fingerprint density at radius 2 is 1.96 bits per heavy atom. The van der Waals surface area contributed by atoms with E-state index in [1.165, 1.54) is 17.1 Å². The normalized spacial score (nSPS) is 15.8. The number of para-hydroxylation sites is 1. The highest BCUT2D eigenvalue weighted by Crippen LogP contribution is 2.13. The molecular weight excluding hydrogens is 356 g/mol. The van der Waals surface area contributed by atoms with Crippen molar-refractivity contribution in [2.45, 2.75) is 32.4 Å². The molecule has 28 heavy (non-hydrogen) atoms. The van der Waals surface area contributed by atoms with Crippen LogP contribution in [0.1, 0.15) is 19.8 Å². The van der Waals surface area contributed by atoms with E-state index < -0.39 is 0 Å². The van der Waals surface area contributed by atoms with E-state index in [1.54, 1.807) is 4.68 Å². The van der Waals surface area contributed by atoms with Crippen molar-refractivity contribution >= 4 is 16.9 Å². The highest BCUT2D eigenvalue weighted by Gasteiger charge is 2.20. The number of benzene rings is 1. The third kappa shape index (κ3) is 3.68. The van der Waals surface area contributed by atoms with Crippen LogP contribution in [-0.2, 0) is 11.3 Å². The summed E-state index contributed by atoms with van der Waals surface area (Å²) in [5.74, 6) is -0.159. The van der Waals surface area contributed by atoms with E-state index >= 15 is 0 Å². The first-order valence-corrected chi connectivity index (χ1v) is 9.66. The van der Waals surface area contributed by atoms with Crippen molar-refractivity contribution in [3.05, 3.63) is 53.2 Å². The number of likely N-dealkylation sites (tertiary alicyclic amines) is 1. The summed E-state index contributed by atoms with van der Waals surface area (Å²) in [4.78, 5) is 31.9. The number of hydrogen-bond acceptors (Lipinski definition) is 5. The van der Waals surface area contributed by atoms with E-state index in [0.29, 0.717) is 11.0 Å². The summed E-state index contributed by atoms with van der Waals surface area (Å²) < 4.78 is 2.97. The monoisotopic (exact) mass is 380 g/mol. The van der Waals surface area contributed by atoms with Crippen LogP contribution in [0.3, 0.4) is 0 Å². The van der Waals surface area contributed by atoms with Crippen molar-refractivity contribution in [2.24, 2.45) is 0 Å². The standard InChI is InChI=1S/C20H24N6O2/c1-2-24-10-8-15(9-11-24)23-18(27)13-25-14-21-19-17(20(25)28)12-22-26(19)16-6-4-3-5-7-16/h3-7,12,14-15H,2,8-11,13H2,1H3,(H,23,27). The largest absolute Gasteiger partial charge is 0.352 e. The topological polar surface area (TPSA) is 85.1 Å². The molecule has 0 saturated carbocycles. The first kappa shape index (κ1) is 18.4. The van der Waals surface area contributed by atoms with Gasteiger partial charge in [-0.05, 0) is 31.5 Å². The molecule has 0 radical (unpaired) electrons. The molecule has 1 aromatic carbocycles. The van der Waals surface area contributed by atoms with Crippen LogP contribution in [-0.4, -0.2) is 55.8 Å². The Labute approximate surface area is 162 Å². The summed E-state index contributed by atoms with van der Waals surface area (Å²) in [6, 6.07) is 9.69. The van der Waals surface area contributed by atoms with Crippen molar-refractivity contribution < 1.29 is 4.79 Å². The smallest absolute Gasteiger partial charge is 0.264 e. The summed E-state index contributed by atoms with van der Waals surface area (Å²) in [6.07, 6.45) is 4.81. The second kappa shape index (κ2) is 7.93. The lowest BCUT2D eigenvalue weighted by Gasteiger charge is -2.31. The van der Waals surface area contributed by atoms with Gasteiger partial charge in [0.15, 0.2) is 5.65 Å². The van der Waals surface area contributed by atoms with Gasteiger partial charge < -0.3 is 10.2 Å². The molecule has 3 aromatic rings. The summed E-state index contributed by atoms with van der Waals surface area (Å²) >= 11 is 0. The van der Waals surface area contributed by atoms with Crippen LogP contribution in [0.4, 0.5) is 0 Å². The fraction of sp³-hybridized carbons (Fsp3) is 0.400. The molecule has 1 aliphatic heterocycles. The van der Waals surface area contributed by atoms with Crippen molar-refractivity contribution in [1.29, 1.82) is 0 Å². The molecule has 8 nitrogen and oxygen atoms in total. The molecule has 8 heteroatoms. The number of carbonyl (C=O) groups is 1. The van der Waals surface area contributed by atoms with Crippen molar-refractivity contribution in [2.75, 3.05) is 19.6 Å². The highest BCUT2D eigenvalue weighted by atomic mass is 16.2. The molecule has 2 aromatic heterocycles. The van der Waals surface area contributed by atoms with E-state index in [4.69, 9.17) is 0 Å². The Balaban J connectivity index is 1.48. The Morgan fingerprint density at radius 3 is 2.68 bits per heavy atom. The molecular formula is C20H24N6O2. The minimum Gasteiger partial charge on any atom is -0.352 e. The SMILES string of the molecule is CCN1CCC(NC(=O)Cn2cnc3c(cnn3-c3ccccc3)c2=O)CC1. The highest BCUT2D eigenvalue weighted by molar-refractivity contribution is 5.78. The predicted octanol–water partition coefficient (Wildman–Crippen LogP) is 1.18. The quantitative estimate of drug-likeness (QED) is 0.719. The third-order valence-electron chi connectivity index (χ3n) is 5.27. The number of nitrogens with one attached hydrogen (secondary N) is 1. The van der Waals surface area contributed by atoms with Gasteiger partial charge in [0.25, 0.3) is 5.56 Å². The molecule has 0 spiro atoms. The molecule has 0 unspecified atom stereocenters. The van der Waals surface area contributed by atoms with E-state index in [2.05, 4.69) is 27.2 Å². The predicted molar refractivity (Wildman–Crippen MR) is 106 cm³/mol. The van der Waals surface area contributed by atoms with Crippen molar-refractivity contribution in [3.63, 3.8) is 0 Å². The van der Waals surface area contributed by atoms with Gasteiger partial charge in [-0.15, -0.1) is 0 Å². The van der Waals surface area contributed by atoms with Crippen LogP contribution < -0.4 is 10.9 Å². The molecule has 0 aliphatic carbocycles. The molecule has 1 amide bonds. The van der Waals surface area contributed by atoms with Gasteiger partial charge in [0, 0.05) is 19.1 Å². The molecule has 146 valence electrons. The van der Waals surface area contributed by atoms with Gasteiger partial charge in [-0.1, -0.05) is 25.1 Å². The lowest BCUT2D eigenvalue weighted by molar-refractivity contribution is -0.122. The van der Waals surface area contributed by atoms with E-state index in [9.17, 15) is 9.59 Å². The number of fused-ring (bicyclic) bond motifs is 1. The summed E-state index contributed by atoms with van der Waals surface area (Å²) in [5.41, 5.74) is 1.06. The number of piperidine rings is 1. The number of carbonyl (C=O) groups excluding carboxylic acids is 1. The summed E-state index contributed by atoms with van der Waals surface area (Å²) in [5, 5.41) is 7.73. The fourth-order valence-electron chi connectivity index (χ4n) is 3.64. The molecule has 1 aliphatic rings. The maximum Gasteiger partial charge on any atom is 0.264 e. The molecule has 1 saturated heterocycles. The zero-order valence-corrected chi connectivity index (χ0v) is 15.9. The zero-order chi connectivity index (χ0) is 19.5. The molecule has 1 fully saturated rings. The Bertz CT molecular complexity index is 1020. The summed E-state index contributed by atoms with van der Waals surface area (Å²) in [7, 11) is 0. The maximum atomic E-state index is 12.8. The minimum absolute atomic E-state index is 0.0354. The third-order valence-corrected chi connectivity index (χ3v) is 5.27. The van der Waals surface area contributed by atoms with Gasteiger partial charge in [-0.3, -0.25) is 14.2 Å². The molecule has 0 atom stereocenters. The van der Waals surface area contributed by atoms with Gasteiger partial charge in [-0.25, -0.2) is 9.67 Å². The second-order valence-corrected chi connectivity index (χ2v) is 7.08. The van der Waals surface area contributed by atoms with Gasteiger partial charge in [0.1, 0.15) is 18.3 Å². The Hall–Kier alpha value is -3.00. The van der Waals surface area contributed by atoms with Gasteiger partial charge in [0.05, 0.1) is 11.9 Å². The van der Waals surface area contributed by atoms with E-state index in [0.717, 1.165) is 38.2 Å². The van der Waals surface area contributed by atoms with Gasteiger partial charge in [0.2, 0.25) is 5.91 Å². The number of aromatic nitrogens is 4. The minimum atomic E-state index is -0.261. The lowest BCUT2D eigenvalue weighted by atomic mass is 10.1. The number of hydrogen-bond donors (Lipinski definition) is 1. The van der Waals surface area contributed by atoms with Gasteiger partial charge >= 0.3 is 0 Å². The van der Waals surface area contributed by atoms with Crippen LogP contribution in [0.5, 0.6) is 0 Å². The van der Waals surface area contributed by atoms with Crippen LogP contribution in [0.2, 0.25) is 0 Å². The summed E-state index contributed by atoms with van der Waals surface area (Å²) in [6.45, 7) is 5.14. The van der Waals surface area contributed by atoms with Crippen LogP contribution in [0.25, 0.3) is 16.7 Å². The maximum absolute atomic E-state index is 12.8. The van der Waals surface area contributed by atoms with Crippen molar-refractivity contribution in [3.8, 4) is 5.69 Å². The van der Waals surface area contributed by atoms with Crippen LogP contribution >= 0.6 is 0 Å². The second-order valence-electron chi connectivity index (χ2n) is 7.08. The lowest BCUT2D eigenvalue weighted by Crippen LogP contribution is -2.45. The molecule has 4 rings (SSSR count). The van der Waals surface area contributed by atoms with Gasteiger partial charge in [-0.2, -0.15) is 5.10 Å². The number of rotatable bonds is 5. The van der Waals surface area contributed by atoms with E-state index in [1.807, 2.05) is 30.3 Å². The first-order chi connectivity index (χ1) is 13.7. The van der Waals surface area contributed by atoms with Crippen molar-refractivity contribution in [1.82, 2.24) is 29.5 Å². The molecule has 0 bridgehead atoms. The van der Waals surface area contributed by atoms with E-state index in [-0.39, 0.29) is 24.1 Å². The Kier molecular flexibility index (Phi) is 5.21. The number of amides is 1. The molecule has 1 N–H and O–H groups in total. The molecule has 3 heterocycles. The van der Waals surface area contributed by atoms with Crippen LogP contribution in [0, 0.1) is 0 Å². The Morgan fingerprint density at radius 1 is 1.21 bits per heavy atom. The number of nitrogens with zero attached hydrogens (tertiary/aromatic N) is 5. The average Bonchev–Trinajstić information content (AvgIpc) is 3.16.